The molecule has 0 atom stereocenters. The van der Waals surface area contributed by atoms with E-state index < -0.39 is 0 Å². The Bertz CT molecular complexity index is 567. The van der Waals surface area contributed by atoms with Gasteiger partial charge in [-0.15, -0.1) is 0 Å². The van der Waals surface area contributed by atoms with Crippen LogP contribution in [0.2, 0.25) is 0 Å². The Hall–Kier alpha value is -2.04. The topological polar surface area (TPSA) is 58.6 Å². The number of carbonyl (C=O) groups excluding carboxylic acids is 2. The van der Waals surface area contributed by atoms with Gasteiger partial charge in [0.1, 0.15) is 5.75 Å². The van der Waals surface area contributed by atoms with Gasteiger partial charge in [-0.25, -0.2) is 0 Å². The molecule has 0 radical (unpaired) electrons. The number of carbonyl (C=O) groups is 2. The van der Waals surface area contributed by atoms with E-state index in [-0.39, 0.29) is 18.4 Å². The highest BCUT2D eigenvalue weighted by Crippen LogP contribution is 2.25. The molecule has 5 nitrogen and oxygen atoms in total. The van der Waals surface area contributed by atoms with Crippen LogP contribution in [-0.4, -0.2) is 31.0 Å². The summed E-state index contributed by atoms with van der Waals surface area (Å²) in [5.74, 6) is 0.706. The first-order valence-electron chi connectivity index (χ1n) is 8.55. The smallest absolute Gasteiger partial charge is 0.258 e. The molecule has 0 unspecified atom stereocenters. The molecule has 1 aromatic carbocycles. The van der Waals surface area contributed by atoms with Crippen molar-refractivity contribution in [3.8, 4) is 5.75 Å². The molecule has 2 aliphatic rings. The molecule has 0 bridgehead atoms. The van der Waals surface area contributed by atoms with Crippen LogP contribution in [0.1, 0.15) is 44.9 Å². The Morgan fingerprint density at radius 1 is 1.22 bits per heavy atom. The summed E-state index contributed by atoms with van der Waals surface area (Å²) in [6, 6.07) is 7.70. The van der Waals surface area contributed by atoms with Crippen LogP contribution in [0.5, 0.6) is 5.75 Å². The lowest BCUT2D eigenvalue weighted by atomic mass is 9.95. The fourth-order valence-electron chi connectivity index (χ4n) is 3.33. The molecular formula is C18H24N2O3. The second kappa shape index (κ2) is 7.49. The Labute approximate surface area is 137 Å². The molecule has 23 heavy (non-hydrogen) atoms. The van der Waals surface area contributed by atoms with E-state index in [4.69, 9.17) is 4.74 Å². The summed E-state index contributed by atoms with van der Waals surface area (Å²) in [7, 11) is 0. The quantitative estimate of drug-likeness (QED) is 0.908. The van der Waals surface area contributed by atoms with Crippen molar-refractivity contribution in [2.24, 2.45) is 0 Å². The lowest BCUT2D eigenvalue weighted by molar-refractivity contribution is -0.124. The number of ether oxygens (including phenoxy) is 1. The van der Waals surface area contributed by atoms with Crippen molar-refractivity contribution in [1.82, 2.24) is 5.32 Å². The second-order valence-corrected chi connectivity index (χ2v) is 6.34. The van der Waals surface area contributed by atoms with Gasteiger partial charge in [0, 0.05) is 30.8 Å². The predicted octanol–water partition coefficient (Wildman–Crippen LogP) is 2.64. The lowest BCUT2D eigenvalue weighted by Gasteiger charge is -2.22. The molecular weight excluding hydrogens is 292 g/mol. The zero-order valence-corrected chi connectivity index (χ0v) is 13.4. The van der Waals surface area contributed by atoms with Crippen molar-refractivity contribution in [2.45, 2.75) is 51.0 Å². The fraction of sp³-hybridized carbons (Fsp3) is 0.556. The van der Waals surface area contributed by atoms with E-state index in [0.717, 1.165) is 31.5 Å². The van der Waals surface area contributed by atoms with Gasteiger partial charge in [0.25, 0.3) is 5.91 Å². The maximum atomic E-state index is 12.0. The number of hydrogen-bond acceptors (Lipinski definition) is 3. The van der Waals surface area contributed by atoms with Crippen molar-refractivity contribution in [1.29, 1.82) is 0 Å². The Morgan fingerprint density at radius 2 is 2.04 bits per heavy atom. The molecule has 1 aliphatic carbocycles. The molecule has 1 N–H and O–H groups in total. The molecule has 0 spiro atoms. The van der Waals surface area contributed by atoms with Crippen LogP contribution in [0, 0.1) is 0 Å². The zero-order chi connectivity index (χ0) is 16.1. The van der Waals surface area contributed by atoms with E-state index in [0.29, 0.717) is 18.2 Å². The van der Waals surface area contributed by atoms with Crippen molar-refractivity contribution < 1.29 is 14.3 Å². The molecule has 2 fully saturated rings. The molecule has 124 valence electrons. The Morgan fingerprint density at radius 3 is 2.78 bits per heavy atom. The van der Waals surface area contributed by atoms with Crippen LogP contribution in [-0.2, 0) is 9.59 Å². The normalized spacial score (nSPS) is 19.0. The number of nitrogens with one attached hydrogen (secondary N) is 1. The zero-order valence-electron chi connectivity index (χ0n) is 13.4. The highest BCUT2D eigenvalue weighted by Gasteiger charge is 2.22. The maximum Gasteiger partial charge on any atom is 0.258 e. The molecule has 3 rings (SSSR count). The molecule has 1 aromatic rings. The second-order valence-electron chi connectivity index (χ2n) is 6.34. The van der Waals surface area contributed by atoms with Crippen LogP contribution in [0.3, 0.4) is 0 Å². The van der Waals surface area contributed by atoms with Crippen LogP contribution in [0.25, 0.3) is 0 Å². The standard InChI is InChI=1S/C18H24N2O3/c21-17(19-14-6-2-1-3-7-14)13-23-16-9-4-8-15(12-16)20-11-5-10-18(20)22/h4,8-9,12,14H,1-3,5-7,10-11,13H2,(H,19,21). The number of rotatable bonds is 5. The molecule has 1 aliphatic heterocycles. The van der Waals surface area contributed by atoms with Crippen molar-refractivity contribution in [2.75, 3.05) is 18.1 Å². The van der Waals surface area contributed by atoms with Gasteiger partial charge in [0.05, 0.1) is 0 Å². The average Bonchev–Trinajstić information content (AvgIpc) is 3.00. The van der Waals surface area contributed by atoms with E-state index in [1.165, 1.54) is 19.3 Å². The molecule has 1 saturated carbocycles. The van der Waals surface area contributed by atoms with Gasteiger partial charge in [-0.1, -0.05) is 25.3 Å². The minimum Gasteiger partial charge on any atom is -0.484 e. The molecule has 0 aromatic heterocycles. The SMILES string of the molecule is O=C(COc1cccc(N2CCCC2=O)c1)NC1CCCCC1. The van der Waals surface area contributed by atoms with E-state index >= 15 is 0 Å². The van der Waals surface area contributed by atoms with Gasteiger partial charge in [-0.3, -0.25) is 9.59 Å². The van der Waals surface area contributed by atoms with Gasteiger partial charge in [0.15, 0.2) is 6.61 Å². The lowest BCUT2D eigenvalue weighted by Crippen LogP contribution is -2.38. The fourth-order valence-corrected chi connectivity index (χ4v) is 3.33. The highest BCUT2D eigenvalue weighted by molar-refractivity contribution is 5.95. The molecule has 1 heterocycles. The third-order valence-electron chi connectivity index (χ3n) is 4.54. The van der Waals surface area contributed by atoms with Crippen LogP contribution < -0.4 is 15.0 Å². The van der Waals surface area contributed by atoms with E-state index in [1.807, 2.05) is 24.3 Å². The third-order valence-corrected chi connectivity index (χ3v) is 4.54. The molecule has 1 saturated heterocycles. The van der Waals surface area contributed by atoms with Crippen LogP contribution in [0.4, 0.5) is 5.69 Å². The average molecular weight is 316 g/mol. The van der Waals surface area contributed by atoms with E-state index in [9.17, 15) is 9.59 Å². The van der Waals surface area contributed by atoms with E-state index in [1.54, 1.807) is 4.90 Å². The molecule has 5 heteroatoms. The Kier molecular flexibility index (Phi) is 5.16. The summed E-state index contributed by atoms with van der Waals surface area (Å²) in [4.78, 5) is 25.5. The number of amides is 2. The van der Waals surface area contributed by atoms with Gasteiger partial charge < -0.3 is 15.0 Å². The van der Waals surface area contributed by atoms with Gasteiger partial charge in [-0.2, -0.15) is 0 Å². The first kappa shape index (κ1) is 15.8. The summed E-state index contributed by atoms with van der Waals surface area (Å²) in [5.41, 5.74) is 0.845. The predicted molar refractivity (Wildman–Crippen MR) is 88.5 cm³/mol. The minimum absolute atomic E-state index is 0.0217. The summed E-state index contributed by atoms with van der Waals surface area (Å²) < 4.78 is 5.59. The third kappa shape index (κ3) is 4.24. The van der Waals surface area contributed by atoms with Crippen molar-refractivity contribution >= 4 is 17.5 Å². The van der Waals surface area contributed by atoms with Gasteiger partial charge in [-0.05, 0) is 31.4 Å². The number of anilines is 1. The van der Waals surface area contributed by atoms with E-state index in [2.05, 4.69) is 5.32 Å². The van der Waals surface area contributed by atoms with Crippen LogP contribution in [0.15, 0.2) is 24.3 Å². The first-order chi connectivity index (χ1) is 11.2. The van der Waals surface area contributed by atoms with Crippen molar-refractivity contribution in [3.63, 3.8) is 0 Å². The van der Waals surface area contributed by atoms with Crippen LogP contribution >= 0.6 is 0 Å². The molecule has 2 amide bonds. The number of nitrogens with zero attached hydrogens (tertiary/aromatic N) is 1. The first-order valence-corrected chi connectivity index (χ1v) is 8.55. The summed E-state index contributed by atoms with van der Waals surface area (Å²) in [6.07, 6.45) is 7.29. The monoisotopic (exact) mass is 316 g/mol. The summed E-state index contributed by atoms with van der Waals surface area (Å²) >= 11 is 0. The summed E-state index contributed by atoms with van der Waals surface area (Å²) in [5, 5.41) is 3.04. The Balaban J connectivity index is 1.51. The minimum atomic E-state index is -0.0699. The largest absolute Gasteiger partial charge is 0.484 e. The summed E-state index contributed by atoms with van der Waals surface area (Å²) in [6.45, 7) is 0.776. The maximum absolute atomic E-state index is 12.0. The number of benzene rings is 1. The highest BCUT2D eigenvalue weighted by atomic mass is 16.5. The van der Waals surface area contributed by atoms with Crippen molar-refractivity contribution in [3.05, 3.63) is 24.3 Å². The number of hydrogen-bond donors (Lipinski definition) is 1. The van der Waals surface area contributed by atoms with Gasteiger partial charge in [0.2, 0.25) is 5.91 Å². The van der Waals surface area contributed by atoms with Gasteiger partial charge >= 0.3 is 0 Å².